The third kappa shape index (κ3) is 6.02. The molecule has 12 rings (SSSR count). The van der Waals surface area contributed by atoms with Crippen LogP contribution in [-0.2, 0) is 0 Å². The lowest BCUT2D eigenvalue weighted by atomic mass is 9.89. The monoisotopic (exact) mass is 778 g/mol. The highest BCUT2D eigenvalue weighted by Gasteiger charge is 2.22. The number of fused-ring (bicyclic) bond motifs is 7. The van der Waals surface area contributed by atoms with Crippen LogP contribution in [0.15, 0.2) is 211 Å². The molecule has 0 aliphatic carbocycles. The Bertz CT molecular complexity index is 3620. The van der Waals surface area contributed by atoms with Gasteiger partial charge >= 0.3 is 0 Å². The molecule has 12 aromatic rings. The van der Waals surface area contributed by atoms with Crippen LogP contribution in [-0.4, -0.2) is 19.9 Å². The summed E-state index contributed by atoms with van der Waals surface area (Å²) in [6.07, 6.45) is 0. The molecule has 0 aliphatic heterocycles. The molecule has 0 N–H and O–H groups in total. The molecule has 0 aliphatic rings. The van der Waals surface area contributed by atoms with Crippen molar-refractivity contribution in [1.29, 1.82) is 0 Å². The second-order valence-electron chi connectivity index (χ2n) is 15.4. The number of pyridine rings is 1. The maximum Gasteiger partial charge on any atom is 0.164 e. The Morgan fingerprint density at radius 1 is 0.295 bits per heavy atom. The fourth-order valence-electron chi connectivity index (χ4n) is 8.74. The summed E-state index contributed by atoms with van der Waals surface area (Å²) in [6.45, 7) is 0. The first-order valence-corrected chi connectivity index (χ1v) is 20.5. The van der Waals surface area contributed by atoms with Crippen molar-refractivity contribution >= 4 is 54.4 Å². The van der Waals surface area contributed by atoms with Crippen molar-refractivity contribution in [3.05, 3.63) is 206 Å². The second-order valence-corrected chi connectivity index (χ2v) is 15.4. The van der Waals surface area contributed by atoms with Crippen LogP contribution in [0.3, 0.4) is 0 Å². The molecule has 9 aromatic carbocycles. The highest BCUT2D eigenvalue weighted by atomic mass is 16.3. The van der Waals surface area contributed by atoms with Crippen LogP contribution < -0.4 is 0 Å². The number of furan rings is 1. The van der Waals surface area contributed by atoms with E-state index in [2.05, 4.69) is 158 Å². The Hall–Kier alpha value is -8.28. The van der Waals surface area contributed by atoms with Gasteiger partial charge in [0.2, 0.25) is 0 Å². The van der Waals surface area contributed by atoms with Gasteiger partial charge in [-0.2, -0.15) is 0 Å². The minimum atomic E-state index is 0.608. The zero-order valence-electron chi connectivity index (χ0n) is 32.8. The molecule has 5 heteroatoms. The Labute approximate surface area is 351 Å². The molecule has 0 saturated carbocycles. The SMILES string of the molecule is c1ccc(-c2ccc(-c3nc4ccccc4c4c(-c5ccc(-c6nc(-c7ccccc7)nc(-c7ccc8ccccc8c7)n6)cc5)c5c(cc34)oc3ccccc35)cc2)cc1. The maximum absolute atomic E-state index is 6.68. The Morgan fingerprint density at radius 3 is 1.57 bits per heavy atom. The van der Waals surface area contributed by atoms with Crippen molar-refractivity contribution in [2.75, 3.05) is 0 Å². The normalized spacial score (nSPS) is 11.6. The molecule has 0 unspecified atom stereocenters. The minimum absolute atomic E-state index is 0.608. The molecular weight excluding hydrogens is 745 g/mol. The molecule has 0 fully saturated rings. The molecule has 0 bridgehead atoms. The fourth-order valence-corrected chi connectivity index (χ4v) is 8.74. The Morgan fingerprint density at radius 2 is 0.820 bits per heavy atom. The van der Waals surface area contributed by atoms with Gasteiger partial charge in [0.15, 0.2) is 17.5 Å². The summed E-state index contributed by atoms with van der Waals surface area (Å²) in [7, 11) is 0. The van der Waals surface area contributed by atoms with E-state index < -0.39 is 0 Å². The number of benzene rings is 9. The summed E-state index contributed by atoms with van der Waals surface area (Å²) in [5, 5.41) is 7.69. The van der Waals surface area contributed by atoms with Gasteiger partial charge in [-0.25, -0.2) is 19.9 Å². The van der Waals surface area contributed by atoms with E-state index in [1.54, 1.807) is 0 Å². The number of hydrogen-bond acceptors (Lipinski definition) is 5. The molecule has 3 heterocycles. The summed E-state index contributed by atoms with van der Waals surface area (Å²) >= 11 is 0. The Kier molecular flexibility index (Phi) is 8.10. The smallest absolute Gasteiger partial charge is 0.164 e. The molecule has 61 heavy (non-hydrogen) atoms. The lowest BCUT2D eigenvalue weighted by Crippen LogP contribution is -2.00. The average molecular weight is 779 g/mol. The highest BCUT2D eigenvalue weighted by molar-refractivity contribution is 6.27. The maximum atomic E-state index is 6.68. The van der Waals surface area contributed by atoms with Crippen molar-refractivity contribution in [3.8, 4) is 67.7 Å². The van der Waals surface area contributed by atoms with Crippen molar-refractivity contribution < 1.29 is 4.42 Å². The first kappa shape index (κ1) is 34.7. The van der Waals surface area contributed by atoms with Crippen LogP contribution in [0.1, 0.15) is 0 Å². The van der Waals surface area contributed by atoms with Crippen LogP contribution in [0, 0.1) is 0 Å². The van der Waals surface area contributed by atoms with Crippen LogP contribution in [0.4, 0.5) is 0 Å². The van der Waals surface area contributed by atoms with Gasteiger partial charge in [-0.3, -0.25) is 0 Å². The van der Waals surface area contributed by atoms with Crippen LogP contribution >= 0.6 is 0 Å². The van der Waals surface area contributed by atoms with E-state index in [-0.39, 0.29) is 0 Å². The Balaban J connectivity index is 1.06. The molecule has 0 spiro atoms. The third-order valence-electron chi connectivity index (χ3n) is 11.7. The third-order valence-corrected chi connectivity index (χ3v) is 11.7. The van der Waals surface area contributed by atoms with Crippen molar-refractivity contribution in [2.45, 2.75) is 0 Å². The van der Waals surface area contributed by atoms with Crippen molar-refractivity contribution in [3.63, 3.8) is 0 Å². The van der Waals surface area contributed by atoms with E-state index in [0.29, 0.717) is 17.5 Å². The molecule has 0 saturated heterocycles. The van der Waals surface area contributed by atoms with E-state index in [1.165, 1.54) is 10.9 Å². The predicted molar refractivity (Wildman–Crippen MR) is 250 cm³/mol. The van der Waals surface area contributed by atoms with Gasteiger partial charge in [-0.1, -0.05) is 182 Å². The first-order chi connectivity index (χ1) is 30.2. The second kappa shape index (κ2) is 14.2. The topological polar surface area (TPSA) is 64.7 Å². The summed E-state index contributed by atoms with van der Waals surface area (Å²) in [6, 6.07) is 71.6. The molecule has 5 nitrogen and oxygen atoms in total. The summed E-state index contributed by atoms with van der Waals surface area (Å²) in [5.74, 6) is 1.86. The fraction of sp³-hybridized carbons (Fsp3) is 0. The average Bonchev–Trinajstić information content (AvgIpc) is 3.71. The number of aromatic nitrogens is 4. The molecule has 0 amide bonds. The molecule has 284 valence electrons. The van der Waals surface area contributed by atoms with Gasteiger partial charge in [-0.05, 0) is 51.7 Å². The lowest BCUT2D eigenvalue weighted by Gasteiger charge is -2.16. The number of para-hydroxylation sites is 2. The van der Waals surface area contributed by atoms with Crippen molar-refractivity contribution in [2.24, 2.45) is 0 Å². The summed E-state index contributed by atoms with van der Waals surface area (Å²) in [5.41, 5.74) is 11.8. The van der Waals surface area contributed by atoms with Gasteiger partial charge < -0.3 is 4.42 Å². The van der Waals surface area contributed by atoms with Gasteiger partial charge in [-0.15, -0.1) is 0 Å². The number of nitrogens with zero attached hydrogens (tertiary/aromatic N) is 4. The minimum Gasteiger partial charge on any atom is -0.456 e. The quantitative estimate of drug-likeness (QED) is 0.157. The van der Waals surface area contributed by atoms with E-state index in [1.807, 2.05) is 48.5 Å². The van der Waals surface area contributed by atoms with Gasteiger partial charge in [0.05, 0.1) is 11.2 Å². The number of rotatable bonds is 6. The largest absolute Gasteiger partial charge is 0.456 e. The van der Waals surface area contributed by atoms with Crippen LogP contribution in [0.5, 0.6) is 0 Å². The van der Waals surface area contributed by atoms with Gasteiger partial charge in [0.25, 0.3) is 0 Å². The molecule has 0 radical (unpaired) electrons. The lowest BCUT2D eigenvalue weighted by molar-refractivity contribution is 0.669. The van der Waals surface area contributed by atoms with Crippen LogP contribution in [0.25, 0.3) is 122 Å². The molecular formula is C56H34N4O. The zero-order chi connectivity index (χ0) is 40.3. The van der Waals surface area contributed by atoms with Crippen LogP contribution in [0.2, 0.25) is 0 Å². The first-order valence-electron chi connectivity index (χ1n) is 20.5. The van der Waals surface area contributed by atoms with E-state index in [0.717, 1.165) is 93.6 Å². The van der Waals surface area contributed by atoms with E-state index in [9.17, 15) is 0 Å². The highest BCUT2D eigenvalue weighted by Crippen LogP contribution is 2.46. The number of hydrogen-bond donors (Lipinski definition) is 0. The zero-order valence-corrected chi connectivity index (χ0v) is 32.8. The summed E-state index contributed by atoms with van der Waals surface area (Å²) in [4.78, 5) is 20.5. The van der Waals surface area contributed by atoms with Gasteiger partial charge in [0.1, 0.15) is 11.2 Å². The summed E-state index contributed by atoms with van der Waals surface area (Å²) < 4.78 is 6.68. The van der Waals surface area contributed by atoms with Crippen molar-refractivity contribution in [1.82, 2.24) is 19.9 Å². The molecule has 3 aromatic heterocycles. The molecule has 0 atom stereocenters. The standard InChI is InChI=1S/C56H34N4O/c1-3-13-35(14-4-1)37-23-28-39(29-24-37)53-46-34-49-52(45-20-10-12-22-48(45)61-49)50(51(46)44-19-9-11-21-47(44)57-53)38-26-30-41(31-27-38)55-58-54(40-16-5-2-6-17-40)59-56(60-55)43-32-25-36-15-7-8-18-42(36)33-43/h1-34H. The predicted octanol–water partition coefficient (Wildman–Crippen LogP) is 14.6. The van der Waals surface area contributed by atoms with Gasteiger partial charge in [0, 0.05) is 54.7 Å². The van der Waals surface area contributed by atoms with E-state index >= 15 is 0 Å². The van der Waals surface area contributed by atoms with E-state index in [4.69, 9.17) is 24.4 Å².